The van der Waals surface area contributed by atoms with Crippen molar-refractivity contribution in [3.8, 4) is 0 Å². The first-order valence-electron chi connectivity index (χ1n) is 5.30. The highest BCUT2D eigenvalue weighted by Gasteiger charge is 1.99. The van der Waals surface area contributed by atoms with Crippen LogP contribution in [0.25, 0.3) is 5.70 Å². The molecule has 0 atom stereocenters. The van der Waals surface area contributed by atoms with Gasteiger partial charge in [0.15, 0.2) is 0 Å². The first-order chi connectivity index (χ1) is 7.90. The van der Waals surface area contributed by atoms with Crippen LogP contribution in [0.1, 0.15) is 12.5 Å². The molecule has 0 amide bonds. The number of rotatable bonds is 3. The third-order valence-electron chi connectivity index (χ3n) is 2.30. The molecule has 2 aromatic rings. The predicted octanol–water partition coefficient (Wildman–Crippen LogP) is 3.55. The number of nitrogens with zero attached hydrogens (tertiary/aromatic N) is 1. The Labute approximate surface area is 95.7 Å². The lowest BCUT2D eigenvalue weighted by atomic mass is 10.1. The van der Waals surface area contributed by atoms with Crippen molar-refractivity contribution in [3.05, 3.63) is 66.4 Å². The van der Waals surface area contributed by atoms with Crippen LogP contribution in [0, 0.1) is 0 Å². The smallest absolute Gasteiger partial charge is 0.130 e. The lowest BCUT2D eigenvalue weighted by Gasteiger charge is -2.09. The van der Waals surface area contributed by atoms with Crippen LogP contribution in [0.3, 0.4) is 0 Å². The highest BCUT2D eigenvalue weighted by Crippen LogP contribution is 2.16. The summed E-state index contributed by atoms with van der Waals surface area (Å²) in [6.07, 6.45) is 3.82. The molecule has 0 saturated carbocycles. The average Bonchev–Trinajstić information content (AvgIpc) is 2.38. The quantitative estimate of drug-likeness (QED) is 0.838. The van der Waals surface area contributed by atoms with E-state index in [0.717, 1.165) is 17.1 Å². The first-order valence-corrected chi connectivity index (χ1v) is 5.30. The molecule has 2 nitrogen and oxygen atoms in total. The van der Waals surface area contributed by atoms with Crippen LogP contribution in [0.4, 0.5) is 5.82 Å². The van der Waals surface area contributed by atoms with Gasteiger partial charge in [-0.05, 0) is 24.6 Å². The van der Waals surface area contributed by atoms with E-state index in [4.69, 9.17) is 0 Å². The van der Waals surface area contributed by atoms with Crippen LogP contribution in [0.15, 0.2) is 60.8 Å². The summed E-state index contributed by atoms with van der Waals surface area (Å²) < 4.78 is 0. The predicted molar refractivity (Wildman–Crippen MR) is 68.0 cm³/mol. The standard InChI is InChI=1S/C14H14N2/c1-2-13(12-8-4-3-5-9-12)16-14-10-6-7-11-15-14/h2-11H,1H3,(H,15,16)/b13-2+. The minimum atomic E-state index is 0.861. The van der Waals surface area contributed by atoms with Crippen molar-refractivity contribution in [3.63, 3.8) is 0 Å². The number of benzene rings is 1. The molecule has 1 aromatic heterocycles. The van der Waals surface area contributed by atoms with Gasteiger partial charge in [-0.2, -0.15) is 0 Å². The lowest BCUT2D eigenvalue weighted by Crippen LogP contribution is -1.99. The van der Waals surface area contributed by atoms with E-state index in [-0.39, 0.29) is 0 Å². The number of pyridine rings is 1. The Morgan fingerprint density at radius 2 is 1.81 bits per heavy atom. The molecule has 0 aliphatic heterocycles. The molecule has 80 valence electrons. The van der Waals surface area contributed by atoms with Crippen molar-refractivity contribution in [2.75, 3.05) is 5.32 Å². The van der Waals surface area contributed by atoms with Crippen LogP contribution in [0.2, 0.25) is 0 Å². The normalized spacial score (nSPS) is 11.2. The summed E-state index contributed by atoms with van der Waals surface area (Å²) in [5.41, 5.74) is 2.23. The molecule has 0 unspecified atom stereocenters. The van der Waals surface area contributed by atoms with Crippen LogP contribution < -0.4 is 5.32 Å². The summed E-state index contributed by atoms with van der Waals surface area (Å²) in [6, 6.07) is 16.0. The summed E-state index contributed by atoms with van der Waals surface area (Å²) >= 11 is 0. The van der Waals surface area contributed by atoms with Crippen molar-refractivity contribution in [2.45, 2.75) is 6.92 Å². The maximum Gasteiger partial charge on any atom is 0.130 e. The summed E-state index contributed by atoms with van der Waals surface area (Å²) in [5, 5.41) is 3.29. The first kappa shape index (κ1) is 10.4. The maximum atomic E-state index is 4.24. The zero-order valence-electron chi connectivity index (χ0n) is 9.22. The largest absolute Gasteiger partial charge is 0.340 e. The highest BCUT2D eigenvalue weighted by atomic mass is 15.0. The third-order valence-corrected chi connectivity index (χ3v) is 2.30. The molecule has 0 spiro atoms. The zero-order valence-corrected chi connectivity index (χ0v) is 9.22. The van der Waals surface area contributed by atoms with Gasteiger partial charge in [0.1, 0.15) is 5.82 Å². The molecule has 1 aromatic carbocycles. The third kappa shape index (κ3) is 2.48. The maximum absolute atomic E-state index is 4.24. The molecular weight excluding hydrogens is 196 g/mol. The Bertz CT molecular complexity index is 461. The van der Waals surface area contributed by atoms with Crippen molar-refractivity contribution >= 4 is 11.5 Å². The topological polar surface area (TPSA) is 24.9 Å². The van der Waals surface area contributed by atoms with E-state index in [2.05, 4.69) is 22.4 Å². The molecular formula is C14H14N2. The van der Waals surface area contributed by atoms with Gasteiger partial charge in [0.25, 0.3) is 0 Å². The van der Waals surface area contributed by atoms with E-state index in [0.29, 0.717) is 0 Å². The van der Waals surface area contributed by atoms with E-state index < -0.39 is 0 Å². The second-order valence-corrected chi connectivity index (χ2v) is 3.41. The molecule has 0 fully saturated rings. The minimum absolute atomic E-state index is 0.861. The van der Waals surface area contributed by atoms with Crippen LogP contribution in [0.5, 0.6) is 0 Å². The van der Waals surface area contributed by atoms with E-state index in [9.17, 15) is 0 Å². The average molecular weight is 210 g/mol. The molecule has 1 heterocycles. The van der Waals surface area contributed by atoms with Crippen LogP contribution >= 0.6 is 0 Å². The number of anilines is 1. The fourth-order valence-electron chi connectivity index (χ4n) is 1.50. The molecule has 16 heavy (non-hydrogen) atoms. The second kappa shape index (κ2) is 5.12. The van der Waals surface area contributed by atoms with Gasteiger partial charge in [0.2, 0.25) is 0 Å². The summed E-state index contributed by atoms with van der Waals surface area (Å²) in [5.74, 6) is 0.861. The van der Waals surface area contributed by atoms with Crippen LogP contribution in [-0.4, -0.2) is 4.98 Å². The van der Waals surface area contributed by atoms with E-state index in [1.807, 2.05) is 49.4 Å². The summed E-state index contributed by atoms with van der Waals surface area (Å²) in [4.78, 5) is 4.24. The molecule has 0 aliphatic carbocycles. The Morgan fingerprint density at radius 3 is 2.44 bits per heavy atom. The molecule has 2 heteroatoms. The number of allylic oxidation sites excluding steroid dienone is 1. The van der Waals surface area contributed by atoms with Gasteiger partial charge in [-0.3, -0.25) is 0 Å². The molecule has 0 bridgehead atoms. The van der Waals surface area contributed by atoms with E-state index in [1.165, 1.54) is 0 Å². The number of aromatic nitrogens is 1. The Kier molecular flexibility index (Phi) is 3.34. The second-order valence-electron chi connectivity index (χ2n) is 3.41. The van der Waals surface area contributed by atoms with Gasteiger partial charge in [-0.25, -0.2) is 4.98 Å². The fourth-order valence-corrected chi connectivity index (χ4v) is 1.50. The van der Waals surface area contributed by atoms with Gasteiger partial charge < -0.3 is 5.32 Å². The number of hydrogen-bond acceptors (Lipinski definition) is 2. The van der Waals surface area contributed by atoms with Crippen molar-refractivity contribution < 1.29 is 0 Å². The summed E-state index contributed by atoms with van der Waals surface area (Å²) in [7, 11) is 0. The monoisotopic (exact) mass is 210 g/mol. The molecule has 1 N–H and O–H groups in total. The zero-order chi connectivity index (χ0) is 11.2. The minimum Gasteiger partial charge on any atom is -0.340 e. The molecule has 0 radical (unpaired) electrons. The molecule has 2 rings (SSSR count). The SMILES string of the molecule is C/C=C(/Nc1ccccn1)c1ccccc1. The van der Waals surface area contributed by atoms with E-state index >= 15 is 0 Å². The molecule has 0 aliphatic rings. The lowest BCUT2D eigenvalue weighted by molar-refractivity contribution is 1.31. The van der Waals surface area contributed by atoms with E-state index in [1.54, 1.807) is 6.20 Å². The fraction of sp³-hybridized carbons (Fsp3) is 0.0714. The van der Waals surface area contributed by atoms with Crippen molar-refractivity contribution in [1.82, 2.24) is 4.98 Å². The van der Waals surface area contributed by atoms with Gasteiger partial charge in [-0.1, -0.05) is 42.5 Å². The van der Waals surface area contributed by atoms with Crippen molar-refractivity contribution in [1.29, 1.82) is 0 Å². The van der Waals surface area contributed by atoms with Crippen LogP contribution in [-0.2, 0) is 0 Å². The Hall–Kier alpha value is -2.09. The van der Waals surface area contributed by atoms with Crippen molar-refractivity contribution in [2.24, 2.45) is 0 Å². The molecule has 0 saturated heterocycles. The Morgan fingerprint density at radius 1 is 1.06 bits per heavy atom. The van der Waals surface area contributed by atoms with Gasteiger partial charge in [-0.15, -0.1) is 0 Å². The number of hydrogen-bond donors (Lipinski definition) is 1. The van der Waals surface area contributed by atoms with Gasteiger partial charge in [0, 0.05) is 11.9 Å². The number of nitrogens with one attached hydrogen (secondary N) is 1. The van der Waals surface area contributed by atoms with Gasteiger partial charge >= 0.3 is 0 Å². The van der Waals surface area contributed by atoms with Gasteiger partial charge in [0.05, 0.1) is 0 Å². The Balaban J connectivity index is 2.20. The highest BCUT2D eigenvalue weighted by molar-refractivity contribution is 5.75. The summed E-state index contributed by atoms with van der Waals surface area (Å²) in [6.45, 7) is 2.01.